The molecule has 0 saturated carbocycles. The number of nitrogens with one attached hydrogen (secondary N) is 3. The van der Waals surface area contributed by atoms with Gasteiger partial charge in [-0.25, -0.2) is 4.79 Å². The summed E-state index contributed by atoms with van der Waals surface area (Å²) >= 11 is 7.80. The molecule has 0 saturated heterocycles. The van der Waals surface area contributed by atoms with E-state index in [1.807, 2.05) is 13.8 Å². The molecule has 0 aromatic carbocycles. The van der Waals surface area contributed by atoms with Crippen molar-refractivity contribution in [3.8, 4) is 0 Å². The molecule has 0 aromatic heterocycles. The van der Waals surface area contributed by atoms with E-state index in [4.69, 9.17) is 10.8 Å². The number of nitrogens with two attached hydrogens (primary N) is 1. The first-order chi connectivity index (χ1) is 11.6. The van der Waals surface area contributed by atoms with Crippen LogP contribution in [0.25, 0.3) is 0 Å². The molecule has 0 heterocycles. The second-order valence-corrected chi connectivity index (χ2v) is 6.57. The zero-order valence-corrected chi connectivity index (χ0v) is 16.0. The van der Waals surface area contributed by atoms with Crippen molar-refractivity contribution in [3.05, 3.63) is 0 Å². The number of carboxylic acids is 1. The molecule has 9 nitrogen and oxygen atoms in total. The van der Waals surface area contributed by atoms with Gasteiger partial charge in [-0.1, -0.05) is 13.8 Å². The molecule has 6 N–H and O–H groups in total. The van der Waals surface area contributed by atoms with Gasteiger partial charge in [0.2, 0.25) is 17.7 Å². The smallest absolute Gasteiger partial charge is 0.327 e. The van der Waals surface area contributed by atoms with Crippen LogP contribution in [0.2, 0.25) is 0 Å². The van der Waals surface area contributed by atoms with Crippen molar-refractivity contribution < 1.29 is 24.3 Å². The molecule has 0 bridgehead atoms. The Kier molecular flexibility index (Phi) is 11.3. The Morgan fingerprint density at radius 1 is 1.00 bits per heavy atom. The molecule has 3 atom stereocenters. The molecule has 25 heavy (non-hydrogen) atoms. The minimum Gasteiger partial charge on any atom is -0.480 e. The Hall–Kier alpha value is -1.46. The molecule has 0 aliphatic heterocycles. The molecular weight excluding hydrogens is 368 g/mol. The normalized spacial score (nSPS) is 14.3. The van der Waals surface area contributed by atoms with Crippen LogP contribution >= 0.6 is 25.3 Å². The quantitative estimate of drug-likeness (QED) is 0.210. The summed E-state index contributed by atoms with van der Waals surface area (Å²) in [4.78, 5) is 46.4. The molecule has 3 amide bonds. The van der Waals surface area contributed by atoms with Gasteiger partial charge in [0.15, 0.2) is 0 Å². The van der Waals surface area contributed by atoms with Crippen LogP contribution in [0.3, 0.4) is 0 Å². The van der Waals surface area contributed by atoms with Gasteiger partial charge in [0.1, 0.15) is 12.1 Å². The number of carbonyl (C=O) groups excluding carboxylic acids is 3. The summed E-state index contributed by atoms with van der Waals surface area (Å²) in [6.07, 6.45) is 0.482. The summed E-state index contributed by atoms with van der Waals surface area (Å²) in [5.41, 5.74) is 5.70. The largest absolute Gasteiger partial charge is 0.480 e. The molecule has 3 unspecified atom stereocenters. The maximum atomic E-state index is 12.0. The maximum absolute atomic E-state index is 12.0. The van der Waals surface area contributed by atoms with Gasteiger partial charge in [0, 0.05) is 11.5 Å². The lowest BCUT2D eigenvalue weighted by molar-refractivity contribution is -0.141. The fourth-order valence-corrected chi connectivity index (χ4v) is 2.32. The van der Waals surface area contributed by atoms with E-state index in [0.717, 1.165) is 0 Å². The highest BCUT2D eigenvalue weighted by atomic mass is 32.1. The fourth-order valence-electron chi connectivity index (χ4n) is 1.81. The third kappa shape index (κ3) is 9.56. The van der Waals surface area contributed by atoms with Crippen LogP contribution in [-0.2, 0) is 19.2 Å². The standard InChI is InChI=1S/C14H26N4O5S2/c1-7(2)3-8(15)12(20)16-4-11(19)17-9(5-24)13(21)18-10(6-25)14(22)23/h7-10,24-25H,3-6,15H2,1-2H3,(H,16,20)(H,17,19)(H,18,21)(H,22,23). The molecule has 11 heteroatoms. The fraction of sp³-hybridized carbons (Fsp3) is 0.714. The lowest BCUT2D eigenvalue weighted by Gasteiger charge is -2.19. The highest BCUT2D eigenvalue weighted by Crippen LogP contribution is 2.02. The second-order valence-electron chi connectivity index (χ2n) is 5.84. The number of hydrogen-bond acceptors (Lipinski definition) is 7. The van der Waals surface area contributed by atoms with E-state index in [2.05, 4.69) is 41.2 Å². The van der Waals surface area contributed by atoms with Crippen LogP contribution in [0, 0.1) is 5.92 Å². The predicted octanol–water partition coefficient (Wildman–Crippen LogP) is -1.61. The highest BCUT2D eigenvalue weighted by molar-refractivity contribution is 7.80. The summed E-state index contributed by atoms with van der Waals surface area (Å²) in [6.45, 7) is 3.49. The van der Waals surface area contributed by atoms with Gasteiger partial charge in [-0.15, -0.1) is 0 Å². The van der Waals surface area contributed by atoms with Crippen molar-refractivity contribution in [2.75, 3.05) is 18.1 Å². The Bertz CT molecular complexity index is 490. The monoisotopic (exact) mass is 394 g/mol. The van der Waals surface area contributed by atoms with Crippen molar-refractivity contribution in [1.82, 2.24) is 16.0 Å². The first kappa shape index (κ1) is 23.5. The van der Waals surface area contributed by atoms with Gasteiger partial charge in [0.05, 0.1) is 12.6 Å². The molecule has 0 radical (unpaired) electrons. The molecule has 0 fully saturated rings. The molecule has 144 valence electrons. The van der Waals surface area contributed by atoms with Gasteiger partial charge in [-0.3, -0.25) is 14.4 Å². The molecule has 0 rings (SSSR count). The number of thiol groups is 2. The zero-order valence-electron chi connectivity index (χ0n) is 14.2. The summed E-state index contributed by atoms with van der Waals surface area (Å²) < 4.78 is 0. The number of hydrogen-bond donors (Lipinski definition) is 7. The van der Waals surface area contributed by atoms with Crippen molar-refractivity contribution in [1.29, 1.82) is 0 Å². The number of aliphatic carboxylic acids is 1. The molecule has 0 aromatic rings. The number of rotatable bonds is 11. The van der Waals surface area contributed by atoms with E-state index in [1.54, 1.807) is 0 Å². The van der Waals surface area contributed by atoms with Gasteiger partial charge in [-0.2, -0.15) is 25.3 Å². The van der Waals surface area contributed by atoms with Crippen molar-refractivity contribution >= 4 is 48.9 Å². The summed E-state index contributed by atoms with van der Waals surface area (Å²) in [5, 5.41) is 15.9. The lowest BCUT2D eigenvalue weighted by atomic mass is 10.0. The average molecular weight is 395 g/mol. The van der Waals surface area contributed by atoms with Crippen LogP contribution in [0.4, 0.5) is 0 Å². The topological polar surface area (TPSA) is 151 Å². The molecule has 0 aliphatic rings. The number of carbonyl (C=O) groups is 4. The van der Waals surface area contributed by atoms with Gasteiger partial charge in [0.25, 0.3) is 0 Å². The minimum absolute atomic E-state index is 0.0444. The first-order valence-corrected chi connectivity index (χ1v) is 8.96. The third-order valence-corrected chi connectivity index (χ3v) is 3.85. The number of amides is 3. The van der Waals surface area contributed by atoms with E-state index in [0.29, 0.717) is 6.42 Å². The minimum atomic E-state index is -1.24. The predicted molar refractivity (Wildman–Crippen MR) is 99.6 cm³/mol. The average Bonchev–Trinajstić information content (AvgIpc) is 2.53. The Balaban J connectivity index is 4.47. The second kappa shape index (κ2) is 12.0. The van der Waals surface area contributed by atoms with Gasteiger partial charge < -0.3 is 26.8 Å². The maximum Gasteiger partial charge on any atom is 0.327 e. The van der Waals surface area contributed by atoms with Crippen LogP contribution < -0.4 is 21.7 Å². The Labute approximate surface area is 157 Å². The summed E-state index contributed by atoms with van der Waals surface area (Å²) in [6, 6.07) is -2.94. The lowest BCUT2D eigenvalue weighted by Crippen LogP contribution is -2.54. The number of carboxylic acid groups (broad SMARTS) is 1. The first-order valence-electron chi connectivity index (χ1n) is 7.69. The SMILES string of the molecule is CC(C)CC(N)C(=O)NCC(=O)NC(CS)C(=O)NC(CS)C(=O)O. The van der Waals surface area contributed by atoms with E-state index in [9.17, 15) is 19.2 Å². The summed E-state index contributed by atoms with van der Waals surface area (Å²) in [5.74, 6) is -2.92. The van der Waals surface area contributed by atoms with E-state index >= 15 is 0 Å². The van der Waals surface area contributed by atoms with E-state index in [1.165, 1.54) is 0 Å². The summed E-state index contributed by atoms with van der Waals surface area (Å²) in [7, 11) is 0. The molecule has 0 spiro atoms. The molecule has 0 aliphatic carbocycles. The van der Waals surface area contributed by atoms with Crippen LogP contribution in [0.5, 0.6) is 0 Å². The van der Waals surface area contributed by atoms with Gasteiger partial charge >= 0.3 is 5.97 Å². The van der Waals surface area contributed by atoms with E-state index < -0.39 is 41.8 Å². The van der Waals surface area contributed by atoms with Crippen LogP contribution in [-0.4, -0.2) is 65.0 Å². The zero-order chi connectivity index (χ0) is 19.6. The third-order valence-electron chi connectivity index (χ3n) is 3.12. The van der Waals surface area contributed by atoms with Crippen molar-refractivity contribution in [3.63, 3.8) is 0 Å². The Morgan fingerprint density at radius 3 is 2.00 bits per heavy atom. The highest BCUT2D eigenvalue weighted by Gasteiger charge is 2.25. The van der Waals surface area contributed by atoms with Crippen LogP contribution in [0.15, 0.2) is 0 Å². The van der Waals surface area contributed by atoms with Crippen molar-refractivity contribution in [2.45, 2.75) is 38.4 Å². The van der Waals surface area contributed by atoms with Crippen molar-refractivity contribution in [2.24, 2.45) is 11.7 Å². The Morgan fingerprint density at radius 2 is 1.56 bits per heavy atom. The van der Waals surface area contributed by atoms with Gasteiger partial charge in [-0.05, 0) is 12.3 Å². The molecular formula is C14H26N4O5S2. The van der Waals surface area contributed by atoms with E-state index in [-0.39, 0.29) is 24.0 Å². The van der Waals surface area contributed by atoms with Crippen LogP contribution in [0.1, 0.15) is 20.3 Å².